The van der Waals surface area contributed by atoms with Crippen LogP contribution in [-0.4, -0.2) is 48.7 Å². The van der Waals surface area contributed by atoms with E-state index in [-0.39, 0.29) is 11.9 Å². The fourth-order valence-corrected chi connectivity index (χ4v) is 4.27. The SMILES string of the molecule is CC(=O)N1CCCC[C@@H]1c1ncc2c(n1)CCN(Cc1cnc(C(C)C)nc1)C2. The number of rotatable bonds is 4. The summed E-state index contributed by atoms with van der Waals surface area (Å²) in [7, 11) is 0. The summed E-state index contributed by atoms with van der Waals surface area (Å²) >= 11 is 0. The van der Waals surface area contributed by atoms with Gasteiger partial charge >= 0.3 is 0 Å². The number of likely N-dealkylation sites (tertiary alicyclic amines) is 1. The maximum Gasteiger partial charge on any atom is 0.220 e. The molecule has 2 aliphatic rings. The number of nitrogens with zero attached hydrogens (tertiary/aromatic N) is 6. The second kappa shape index (κ2) is 8.53. The molecule has 4 rings (SSSR count). The van der Waals surface area contributed by atoms with Gasteiger partial charge in [-0.2, -0.15) is 0 Å². The van der Waals surface area contributed by atoms with Crippen LogP contribution in [0.25, 0.3) is 0 Å². The van der Waals surface area contributed by atoms with Crippen LogP contribution < -0.4 is 0 Å². The summed E-state index contributed by atoms with van der Waals surface area (Å²) in [5, 5.41) is 0. The fourth-order valence-electron chi connectivity index (χ4n) is 4.27. The zero-order valence-electron chi connectivity index (χ0n) is 17.6. The lowest BCUT2D eigenvalue weighted by Gasteiger charge is -2.35. The molecule has 7 heteroatoms. The van der Waals surface area contributed by atoms with Crippen molar-refractivity contribution < 1.29 is 4.79 Å². The van der Waals surface area contributed by atoms with E-state index >= 15 is 0 Å². The number of aromatic nitrogens is 4. The van der Waals surface area contributed by atoms with Crippen molar-refractivity contribution in [3.63, 3.8) is 0 Å². The molecular formula is C22H30N6O. The zero-order valence-corrected chi connectivity index (χ0v) is 17.6. The third kappa shape index (κ3) is 4.45. The van der Waals surface area contributed by atoms with E-state index in [0.29, 0.717) is 5.92 Å². The Bertz CT molecular complexity index is 866. The molecule has 2 aromatic rings. The third-order valence-electron chi connectivity index (χ3n) is 5.88. The number of hydrogen-bond acceptors (Lipinski definition) is 6. The minimum atomic E-state index is 0.0289. The van der Waals surface area contributed by atoms with Crippen LogP contribution in [0.15, 0.2) is 18.6 Å². The highest BCUT2D eigenvalue weighted by Crippen LogP contribution is 2.30. The van der Waals surface area contributed by atoms with E-state index in [1.165, 1.54) is 5.56 Å². The normalized spacial score (nSPS) is 20.0. The van der Waals surface area contributed by atoms with Crippen molar-refractivity contribution in [2.45, 2.75) is 71.5 Å². The van der Waals surface area contributed by atoms with Crippen molar-refractivity contribution in [2.75, 3.05) is 13.1 Å². The van der Waals surface area contributed by atoms with E-state index < -0.39 is 0 Å². The molecule has 0 saturated carbocycles. The maximum absolute atomic E-state index is 12.0. The monoisotopic (exact) mass is 394 g/mol. The van der Waals surface area contributed by atoms with E-state index in [4.69, 9.17) is 4.98 Å². The average molecular weight is 395 g/mol. The summed E-state index contributed by atoms with van der Waals surface area (Å²) in [5.74, 6) is 2.17. The molecule has 7 nitrogen and oxygen atoms in total. The molecule has 0 bridgehead atoms. The van der Waals surface area contributed by atoms with Crippen molar-refractivity contribution in [3.05, 3.63) is 47.1 Å². The molecule has 154 valence electrons. The summed E-state index contributed by atoms with van der Waals surface area (Å²) in [6, 6.07) is 0.0289. The highest BCUT2D eigenvalue weighted by molar-refractivity contribution is 5.73. The van der Waals surface area contributed by atoms with Crippen LogP contribution in [0.5, 0.6) is 0 Å². The number of carbonyl (C=O) groups excluding carboxylic acids is 1. The Morgan fingerprint density at radius 3 is 2.66 bits per heavy atom. The molecule has 2 aromatic heterocycles. The number of piperidine rings is 1. The standard InChI is InChI=1S/C22H30N6O/c1-15(2)21-23-10-17(11-24-21)13-27-9-7-19-18(14-27)12-25-22(26-19)20-6-4-5-8-28(20)16(3)29/h10-12,15,20H,4-9,13-14H2,1-3H3/t20-/m1/s1. The van der Waals surface area contributed by atoms with Crippen molar-refractivity contribution in [1.29, 1.82) is 0 Å². The van der Waals surface area contributed by atoms with Gasteiger partial charge < -0.3 is 4.90 Å². The molecule has 1 amide bonds. The van der Waals surface area contributed by atoms with Crippen molar-refractivity contribution >= 4 is 5.91 Å². The molecule has 29 heavy (non-hydrogen) atoms. The molecule has 0 unspecified atom stereocenters. The molecule has 0 radical (unpaired) electrons. The Kier molecular flexibility index (Phi) is 5.85. The van der Waals surface area contributed by atoms with E-state index in [9.17, 15) is 4.79 Å². The van der Waals surface area contributed by atoms with Crippen LogP contribution >= 0.6 is 0 Å². The van der Waals surface area contributed by atoms with Crippen LogP contribution in [0.1, 0.15) is 80.5 Å². The molecule has 1 atom stereocenters. The Hall–Kier alpha value is -2.41. The van der Waals surface area contributed by atoms with Gasteiger partial charge in [0.1, 0.15) is 5.82 Å². The van der Waals surface area contributed by atoms with Gasteiger partial charge in [0, 0.05) is 80.9 Å². The van der Waals surface area contributed by atoms with Gasteiger partial charge in [0.25, 0.3) is 0 Å². The summed E-state index contributed by atoms with van der Waals surface area (Å²) in [4.78, 5) is 34.8. The van der Waals surface area contributed by atoms with Crippen molar-refractivity contribution in [2.24, 2.45) is 0 Å². The largest absolute Gasteiger partial charge is 0.333 e. The highest BCUT2D eigenvalue weighted by Gasteiger charge is 2.29. The summed E-state index contributed by atoms with van der Waals surface area (Å²) < 4.78 is 0. The lowest BCUT2D eigenvalue weighted by Crippen LogP contribution is -2.38. The predicted octanol–water partition coefficient (Wildman–Crippen LogP) is 3.02. The first-order chi connectivity index (χ1) is 14.0. The molecule has 0 N–H and O–H groups in total. The smallest absolute Gasteiger partial charge is 0.220 e. The first-order valence-corrected chi connectivity index (χ1v) is 10.7. The van der Waals surface area contributed by atoms with Gasteiger partial charge in [0.05, 0.1) is 6.04 Å². The molecule has 1 saturated heterocycles. The molecule has 1 fully saturated rings. The first kappa shape index (κ1) is 19.9. The molecule has 0 aromatic carbocycles. The van der Waals surface area contributed by atoms with Gasteiger partial charge in [-0.3, -0.25) is 9.69 Å². The van der Waals surface area contributed by atoms with Crippen LogP contribution in [0.3, 0.4) is 0 Å². The summed E-state index contributed by atoms with van der Waals surface area (Å²) in [6.07, 6.45) is 9.90. The van der Waals surface area contributed by atoms with E-state index in [1.54, 1.807) is 6.92 Å². The second-order valence-electron chi connectivity index (χ2n) is 8.49. The summed E-state index contributed by atoms with van der Waals surface area (Å²) in [6.45, 7) is 9.29. The topological polar surface area (TPSA) is 75.1 Å². The predicted molar refractivity (Wildman–Crippen MR) is 110 cm³/mol. The number of carbonyl (C=O) groups is 1. The molecule has 4 heterocycles. The van der Waals surface area contributed by atoms with E-state index in [2.05, 4.69) is 33.7 Å². The van der Waals surface area contributed by atoms with Gasteiger partial charge in [-0.05, 0) is 19.3 Å². The van der Waals surface area contributed by atoms with Gasteiger partial charge in [-0.25, -0.2) is 19.9 Å². The fraction of sp³-hybridized carbons (Fsp3) is 0.591. The van der Waals surface area contributed by atoms with Crippen molar-refractivity contribution in [1.82, 2.24) is 29.7 Å². The van der Waals surface area contributed by atoms with Crippen LogP contribution in [0, 0.1) is 0 Å². The quantitative estimate of drug-likeness (QED) is 0.793. The van der Waals surface area contributed by atoms with Gasteiger partial charge in [0.2, 0.25) is 5.91 Å². The van der Waals surface area contributed by atoms with Crippen molar-refractivity contribution in [3.8, 4) is 0 Å². The zero-order chi connectivity index (χ0) is 20.4. The third-order valence-corrected chi connectivity index (χ3v) is 5.88. The lowest BCUT2D eigenvalue weighted by molar-refractivity contribution is -0.132. The summed E-state index contributed by atoms with van der Waals surface area (Å²) in [5.41, 5.74) is 3.45. The first-order valence-electron chi connectivity index (χ1n) is 10.7. The highest BCUT2D eigenvalue weighted by atomic mass is 16.2. The Labute approximate surface area is 172 Å². The number of fused-ring (bicyclic) bond motifs is 1. The van der Waals surface area contributed by atoms with E-state index in [0.717, 1.165) is 74.8 Å². The number of amides is 1. The number of hydrogen-bond donors (Lipinski definition) is 0. The molecule has 0 aliphatic carbocycles. The van der Waals surface area contributed by atoms with E-state index in [1.807, 2.05) is 23.5 Å². The van der Waals surface area contributed by atoms with Gasteiger partial charge in [0.15, 0.2) is 5.82 Å². The minimum absolute atomic E-state index is 0.0289. The molecular weight excluding hydrogens is 364 g/mol. The second-order valence-corrected chi connectivity index (χ2v) is 8.49. The molecule has 0 spiro atoms. The average Bonchev–Trinajstić information content (AvgIpc) is 2.73. The minimum Gasteiger partial charge on any atom is -0.333 e. The molecule has 2 aliphatic heterocycles. The maximum atomic E-state index is 12.0. The Morgan fingerprint density at radius 2 is 1.93 bits per heavy atom. The Balaban J connectivity index is 1.44. The van der Waals surface area contributed by atoms with Gasteiger partial charge in [-0.1, -0.05) is 13.8 Å². The Morgan fingerprint density at radius 1 is 1.14 bits per heavy atom. The van der Waals surface area contributed by atoms with Gasteiger partial charge in [-0.15, -0.1) is 0 Å². The lowest BCUT2D eigenvalue weighted by atomic mass is 10.0. The van der Waals surface area contributed by atoms with Crippen LogP contribution in [0.2, 0.25) is 0 Å². The van der Waals surface area contributed by atoms with Crippen LogP contribution in [0.4, 0.5) is 0 Å². The van der Waals surface area contributed by atoms with Crippen LogP contribution in [-0.2, 0) is 24.3 Å².